The number of hydrogen-bond acceptors (Lipinski definition) is 2. The molecule has 0 aliphatic carbocycles. The summed E-state index contributed by atoms with van der Waals surface area (Å²) in [5.74, 6) is 0. The average molecular weight is 194 g/mol. The lowest BCUT2D eigenvalue weighted by Crippen LogP contribution is -2.30. The third-order valence-corrected chi connectivity index (χ3v) is 2.47. The Hall–Kier alpha value is -0.790. The van der Waals surface area contributed by atoms with Crippen LogP contribution in [0.3, 0.4) is 0 Å². The highest BCUT2D eigenvalue weighted by Gasteiger charge is 2.28. The molecule has 2 heteroatoms. The van der Waals surface area contributed by atoms with Gasteiger partial charge in [0.15, 0.2) is 0 Å². The van der Waals surface area contributed by atoms with Crippen LogP contribution in [-0.2, 0) is 0 Å². The summed E-state index contributed by atoms with van der Waals surface area (Å²) in [7, 11) is 0. The van der Waals surface area contributed by atoms with Gasteiger partial charge in [-0.3, -0.25) is 0 Å². The summed E-state index contributed by atoms with van der Waals surface area (Å²) in [4.78, 5) is 4.49. The Morgan fingerprint density at radius 3 is 2.00 bits per heavy atom. The first-order valence-electron chi connectivity index (χ1n) is 5.23. The summed E-state index contributed by atoms with van der Waals surface area (Å²) in [6.45, 7) is 14.3. The van der Waals surface area contributed by atoms with Gasteiger partial charge in [0.05, 0.1) is 6.34 Å². The second kappa shape index (κ2) is 3.41. The number of rotatable bonds is 0. The van der Waals surface area contributed by atoms with Crippen LogP contribution in [0.4, 0.5) is 0 Å². The van der Waals surface area contributed by atoms with Gasteiger partial charge in [-0.05, 0) is 11.0 Å². The van der Waals surface area contributed by atoms with Crippen LogP contribution in [0, 0.1) is 10.8 Å². The van der Waals surface area contributed by atoms with Crippen LogP contribution in [0.25, 0.3) is 0 Å². The zero-order valence-corrected chi connectivity index (χ0v) is 10.2. The van der Waals surface area contributed by atoms with E-state index in [0.29, 0.717) is 0 Å². The molecular weight excluding hydrogens is 172 g/mol. The zero-order chi connectivity index (χ0) is 11.0. The summed E-state index contributed by atoms with van der Waals surface area (Å²) in [5, 5.41) is 3.19. The molecule has 80 valence electrons. The highest BCUT2D eigenvalue weighted by Crippen LogP contribution is 2.37. The van der Waals surface area contributed by atoms with Crippen LogP contribution in [0.15, 0.2) is 16.3 Å². The highest BCUT2D eigenvalue weighted by molar-refractivity contribution is 5.60. The van der Waals surface area contributed by atoms with Gasteiger partial charge >= 0.3 is 0 Å². The van der Waals surface area contributed by atoms with Gasteiger partial charge in [-0.15, -0.1) is 0 Å². The van der Waals surface area contributed by atoms with Crippen LogP contribution in [0.1, 0.15) is 41.5 Å². The summed E-state index contributed by atoms with van der Waals surface area (Å²) < 4.78 is 0. The number of nitrogens with one attached hydrogen (secondary N) is 1. The molecule has 0 amide bonds. The molecule has 0 aromatic rings. The molecule has 1 aliphatic rings. The second-order valence-electron chi connectivity index (χ2n) is 5.97. The Morgan fingerprint density at radius 1 is 1.07 bits per heavy atom. The van der Waals surface area contributed by atoms with Crippen molar-refractivity contribution in [2.75, 3.05) is 6.54 Å². The smallest absolute Gasteiger partial charge is 0.0885 e. The first kappa shape index (κ1) is 11.3. The van der Waals surface area contributed by atoms with E-state index in [1.54, 1.807) is 0 Å². The Kier molecular flexibility index (Phi) is 2.75. The fraction of sp³-hybridized carbons (Fsp3) is 0.750. The molecule has 0 aromatic heterocycles. The summed E-state index contributed by atoms with van der Waals surface area (Å²) >= 11 is 0. The number of hydrogen-bond donors (Lipinski definition) is 1. The van der Waals surface area contributed by atoms with E-state index in [-0.39, 0.29) is 10.8 Å². The molecule has 1 aliphatic heterocycles. The van der Waals surface area contributed by atoms with Gasteiger partial charge in [-0.25, -0.2) is 4.99 Å². The quantitative estimate of drug-likeness (QED) is 0.630. The standard InChI is InChI=1S/C12H22N2/c1-11(2,3)9-7-13-8-14-10(9)12(4,5)6/h8H,7H2,1-6H3,(H,13,14). The first-order valence-corrected chi connectivity index (χ1v) is 5.23. The molecular formula is C12H22N2. The van der Waals surface area contributed by atoms with Crippen LogP contribution >= 0.6 is 0 Å². The van der Waals surface area contributed by atoms with E-state index < -0.39 is 0 Å². The second-order valence-corrected chi connectivity index (χ2v) is 5.97. The minimum Gasteiger partial charge on any atom is -0.372 e. The Balaban J connectivity index is 3.18. The van der Waals surface area contributed by atoms with Crippen molar-refractivity contribution in [3.63, 3.8) is 0 Å². The molecule has 0 bridgehead atoms. The Labute approximate surface area is 87.5 Å². The topological polar surface area (TPSA) is 24.4 Å². The number of nitrogens with zero attached hydrogens (tertiary/aromatic N) is 1. The highest BCUT2D eigenvalue weighted by atomic mass is 15.0. The third-order valence-electron chi connectivity index (χ3n) is 2.47. The molecule has 0 saturated carbocycles. The normalized spacial score (nSPS) is 18.4. The minimum atomic E-state index is 0.140. The van der Waals surface area contributed by atoms with Crippen molar-refractivity contribution in [2.24, 2.45) is 15.8 Å². The number of allylic oxidation sites excluding steroid dienone is 1. The molecule has 0 spiro atoms. The molecule has 1 N–H and O–H groups in total. The van der Waals surface area contributed by atoms with Crippen molar-refractivity contribution in [1.29, 1.82) is 0 Å². The maximum Gasteiger partial charge on any atom is 0.0885 e. The van der Waals surface area contributed by atoms with Crippen LogP contribution in [0.5, 0.6) is 0 Å². The van der Waals surface area contributed by atoms with E-state index in [1.807, 2.05) is 6.34 Å². The van der Waals surface area contributed by atoms with Crippen molar-refractivity contribution in [1.82, 2.24) is 5.32 Å². The minimum absolute atomic E-state index is 0.140. The van der Waals surface area contributed by atoms with Crippen molar-refractivity contribution in [2.45, 2.75) is 41.5 Å². The molecule has 0 radical (unpaired) electrons. The van der Waals surface area contributed by atoms with Crippen LogP contribution in [0.2, 0.25) is 0 Å². The maximum atomic E-state index is 4.49. The van der Waals surface area contributed by atoms with Gasteiger partial charge in [-0.2, -0.15) is 0 Å². The predicted octanol–water partition coefficient (Wildman–Crippen LogP) is 2.96. The van der Waals surface area contributed by atoms with E-state index >= 15 is 0 Å². The summed E-state index contributed by atoms with van der Waals surface area (Å²) in [6, 6.07) is 0. The van der Waals surface area contributed by atoms with Gasteiger partial charge in [0.1, 0.15) is 0 Å². The SMILES string of the molecule is CC(C)(C)C1=C(C(C)(C)C)N=CNC1. The van der Waals surface area contributed by atoms with Crippen LogP contribution in [-0.4, -0.2) is 12.9 Å². The lowest BCUT2D eigenvalue weighted by atomic mass is 9.78. The predicted molar refractivity (Wildman–Crippen MR) is 62.4 cm³/mol. The fourth-order valence-electron chi connectivity index (χ4n) is 1.69. The van der Waals surface area contributed by atoms with Crippen molar-refractivity contribution >= 4 is 6.34 Å². The van der Waals surface area contributed by atoms with E-state index in [4.69, 9.17) is 0 Å². The molecule has 0 aromatic carbocycles. The molecule has 0 saturated heterocycles. The fourth-order valence-corrected chi connectivity index (χ4v) is 1.69. The number of aliphatic imine (C=N–C) groups is 1. The van der Waals surface area contributed by atoms with E-state index in [2.05, 4.69) is 51.9 Å². The van der Waals surface area contributed by atoms with E-state index in [9.17, 15) is 0 Å². The average Bonchev–Trinajstić information content (AvgIpc) is 2.01. The lowest BCUT2D eigenvalue weighted by Gasteiger charge is -2.33. The van der Waals surface area contributed by atoms with Crippen molar-refractivity contribution < 1.29 is 0 Å². The third kappa shape index (κ3) is 2.37. The monoisotopic (exact) mass is 194 g/mol. The van der Waals surface area contributed by atoms with Gasteiger partial charge in [-0.1, -0.05) is 41.5 Å². The Morgan fingerprint density at radius 2 is 1.64 bits per heavy atom. The largest absolute Gasteiger partial charge is 0.372 e. The van der Waals surface area contributed by atoms with Crippen LogP contribution < -0.4 is 5.32 Å². The van der Waals surface area contributed by atoms with E-state index in [0.717, 1.165) is 6.54 Å². The zero-order valence-electron chi connectivity index (χ0n) is 10.2. The maximum absolute atomic E-state index is 4.49. The van der Waals surface area contributed by atoms with Gasteiger partial charge in [0.2, 0.25) is 0 Å². The Bertz CT molecular complexity index is 272. The summed E-state index contributed by atoms with van der Waals surface area (Å²) in [6.07, 6.45) is 1.82. The van der Waals surface area contributed by atoms with Gasteiger partial charge in [0.25, 0.3) is 0 Å². The summed E-state index contributed by atoms with van der Waals surface area (Å²) in [5.41, 5.74) is 3.01. The lowest BCUT2D eigenvalue weighted by molar-refractivity contribution is 0.428. The molecule has 1 heterocycles. The molecule has 0 unspecified atom stereocenters. The van der Waals surface area contributed by atoms with Gasteiger partial charge < -0.3 is 5.32 Å². The van der Waals surface area contributed by atoms with Crippen molar-refractivity contribution in [3.8, 4) is 0 Å². The molecule has 0 fully saturated rings. The molecule has 1 rings (SSSR count). The molecule has 2 nitrogen and oxygen atoms in total. The molecule has 14 heavy (non-hydrogen) atoms. The van der Waals surface area contributed by atoms with Gasteiger partial charge in [0, 0.05) is 17.7 Å². The van der Waals surface area contributed by atoms with E-state index in [1.165, 1.54) is 11.3 Å². The molecule has 0 atom stereocenters. The van der Waals surface area contributed by atoms with Crippen molar-refractivity contribution in [3.05, 3.63) is 11.3 Å². The first-order chi connectivity index (χ1) is 6.23.